The van der Waals surface area contributed by atoms with Crippen LogP contribution < -0.4 is 26.2 Å². The number of hydrogen-bond acceptors (Lipinski definition) is 6. The Labute approximate surface area is 272 Å². The summed E-state index contributed by atoms with van der Waals surface area (Å²) in [7, 11) is 0. The van der Waals surface area contributed by atoms with E-state index in [1.54, 1.807) is 35.0 Å². The van der Waals surface area contributed by atoms with E-state index >= 15 is 0 Å². The second-order valence-electron chi connectivity index (χ2n) is 12.7. The van der Waals surface area contributed by atoms with Gasteiger partial charge in [-0.1, -0.05) is 37.3 Å². The van der Waals surface area contributed by atoms with Gasteiger partial charge in [0.1, 0.15) is 12.1 Å². The number of aromatic nitrogens is 1. The number of carbonyl (C=O) groups is 4. The molecule has 240 valence electrons. The Kier molecular flexibility index (Phi) is 8.71. The van der Waals surface area contributed by atoms with Gasteiger partial charge < -0.3 is 31.2 Å². The highest BCUT2D eigenvalue weighted by atomic mass is 32.1. The van der Waals surface area contributed by atoms with Gasteiger partial charge in [0, 0.05) is 42.4 Å². The zero-order chi connectivity index (χ0) is 32.6. The molecule has 3 atom stereocenters. The van der Waals surface area contributed by atoms with Crippen LogP contribution >= 0.6 is 11.3 Å². The average molecular weight is 641 g/mol. The number of amides is 4. The molecule has 0 saturated carbocycles. The number of aromatic amines is 1. The van der Waals surface area contributed by atoms with Crippen LogP contribution in [0.15, 0.2) is 65.5 Å². The van der Waals surface area contributed by atoms with E-state index in [0.29, 0.717) is 37.3 Å². The first-order chi connectivity index (χ1) is 22.1. The van der Waals surface area contributed by atoms with Crippen LogP contribution in [-0.2, 0) is 32.1 Å². The van der Waals surface area contributed by atoms with Gasteiger partial charge in [0.15, 0.2) is 0 Å². The fourth-order valence-electron chi connectivity index (χ4n) is 6.59. The van der Waals surface area contributed by atoms with Crippen molar-refractivity contribution in [2.24, 2.45) is 5.73 Å². The van der Waals surface area contributed by atoms with Gasteiger partial charge in [-0.15, -0.1) is 0 Å². The van der Waals surface area contributed by atoms with Gasteiger partial charge in [-0.05, 0) is 72.3 Å². The topological polar surface area (TPSA) is 141 Å². The molecule has 4 heterocycles. The minimum Gasteiger partial charge on any atom is -0.361 e. The predicted octanol–water partition coefficient (Wildman–Crippen LogP) is 4.35. The van der Waals surface area contributed by atoms with E-state index in [-0.39, 0.29) is 18.2 Å². The first-order valence-corrected chi connectivity index (χ1v) is 16.7. The van der Waals surface area contributed by atoms with E-state index in [4.69, 9.17) is 5.73 Å². The molecule has 2 aliphatic rings. The molecule has 1 fully saturated rings. The van der Waals surface area contributed by atoms with Crippen LogP contribution in [0.4, 0.5) is 11.4 Å². The molecule has 46 heavy (non-hydrogen) atoms. The lowest BCUT2D eigenvalue weighted by atomic mass is 9.87. The lowest BCUT2D eigenvalue weighted by Crippen LogP contribution is -2.61. The molecule has 3 unspecified atom stereocenters. The van der Waals surface area contributed by atoms with Crippen LogP contribution in [0.25, 0.3) is 10.9 Å². The molecule has 10 nitrogen and oxygen atoms in total. The second-order valence-corrected chi connectivity index (χ2v) is 13.5. The normalized spacial score (nSPS) is 18.0. The molecule has 4 aromatic rings. The van der Waals surface area contributed by atoms with Crippen molar-refractivity contribution in [3.05, 3.63) is 82.2 Å². The third-order valence-electron chi connectivity index (χ3n) is 8.98. The minimum atomic E-state index is -1.22. The van der Waals surface area contributed by atoms with Gasteiger partial charge in [-0.2, -0.15) is 11.3 Å². The number of para-hydroxylation sites is 2. The van der Waals surface area contributed by atoms with E-state index in [1.165, 1.54) is 0 Å². The van der Waals surface area contributed by atoms with Gasteiger partial charge in [-0.3, -0.25) is 19.2 Å². The van der Waals surface area contributed by atoms with Crippen LogP contribution in [0, 0.1) is 0 Å². The van der Waals surface area contributed by atoms with Crippen molar-refractivity contribution < 1.29 is 19.2 Å². The molecule has 2 aromatic heterocycles. The third kappa shape index (κ3) is 6.04. The summed E-state index contributed by atoms with van der Waals surface area (Å²) in [4.78, 5) is 61.4. The molecule has 5 N–H and O–H groups in total. The van der Waals surface area contributed by atoms with Gasteiger partial charge in [-0.25, -0.2) is 0 Å². The van der Waals surface area contributed by atoms with Crippen molar-refractivity contribution in [3.63, 3.8) is 0 Å². The van der Waals surface area contributed by atoms with Gasteiger partial charge >= 0.3 is 0 Å². The highest BCUT2D eigenvalue weighted by Gasteiger charge is 2.41. The molecule has 0 aliphatic carbocycles. The van der Waals surface area contributed by atoms with Crippen molar-refractivity contribution in [2.45, 2.75) is 76.5 Å². The number of nitrogens with zero attached hydrogens (tertiary/aromatic N) is 2. The number of H-pyrrole nitrogens is 1. The summed E-state index contributed by atoms with van der Waals surface area (Å²) in [6.45, 7) is 6.06. The Balaban J connectivity index is 1.35. The summed E-state index contributed by atoms with van der Waals surface area (Å²) in [5, 5.41) is 10.9. The second kappa shape index (κ2) is 12.7. The molecular weight excluding hydrogens is 600 g/mol. The van der Waals surface area contributed by atoms with Crippen LogP contribution in [0.1, 0.15) is 62.6 Å². The summed E-state index contributed by atoms with van der Waals surface area (Å²) in [6.07, 6.45) is 3.92. The summed E-state index contributed by atoms with van der Waals surface area (Å²) in [6, 6.07) is 13.7. The van der Waals surface area contributed by atoms with E-state index in [0.717, 1.165) is 34.0 Å². The maximum Gasteiger partial charge on any atom is 0.250 e. The SMILES string of the molecule is CCC(c1c[nH]c2ccccc12)C(NC(=O)C(C)(C)N)C(=O)NC1Cc2cccc(N3CCCC3=O)c2N(Cc2ccsc2)C1=O. The Morgan fingerprint density at radius 1 is 1.13 bits per heavy atom. The van der Waals surface area contributed by atoms with E-state index in [2.05, 4.69) is 15.6 Å². The maximum absolute atomic E-state index is 14.3. The van der Waals surface area contributed by atoms with Crippen LogP contribution in [0.2, 0.25) is 0 Å². The summed E-state index contributed by atoms with van der Waals surface area (Å²) < 4.78 is 0. The van der Waals surface area contributed by atoms with Crippen molar-refractivity contribution >= 4 is 57.2 Å². The number of fused-ring (bicyclic) bond motifs is 2. The van der Waals surface area contributed by atoms with Crippen molar-refractivity contribution in [3.8, 4) is 0 Å². The first kappa shape index (κ1) is 31.5. The highest BCUT2D eigenvalue weighted by molar-refractivity contribution is 7.07. The monoisotopic (exact) mass is 640 g/mol. The molecule has 2 aliphatic heterocycles. The van der Waals surface area contributed by atoms with Crippen LogP contribution in [0.3, 0.4) is 0 Å². The van der Waals surface area contributed by atoms with E-state index < -0.39 is 35.4 Å². The zero-order valence-corrected chi connectivity index (χ0v) is 27.2. The fraction of sp³-hybridized carbons (Fsp3) is 0.371. The van der Waals surface area contributed by atoms with Gasteiger partial charge in [0.25, 0.3) is 0 Å². The molecule has 6 rings (SSSR count). The summed E-state index contributed by atoms with van der Waals surface area (Å²) in [5.74, 6) is -1.56. The quantitative estimate of drug-likeness (QED) is 0.204. The molecular formula is C35H40N6O4S. The predicted molar refractivity (Wildman–Crippen MR) is 181 cm³/mol. The lowest BCUT2D eigenvalue weighted by molar-refractivity contribution is -0.133. The first-order valence-electron chi connectivity index (χ1n) is 15.8. The number of thiophene rings is 1. The van der Waals surface area contributed by atoms with Crippen LogP contribution in [0.5, 0.6) is 0 Å². The van der Waals surface area contributed by atoms with Gasteiger partial charge in [0.2, 0.25) is 23.6 Å². The standard InChI is InChI=1S/C35H40N6O4S/c1-4-23(25-18-37-26-11-6-5-10-24(25)26)30(39-34(45)35(2,3)36)32(43)38-27-17-22-9-7-12-28(40-15-8-13-29(40)42)31(22)41(33(27)44)19-21-14-16-46-20-21/h5-7,9-12,14,16,18,20,23,27,30,37H,4,8,13,15,17,19,36H2,1-3H3,(H,38,43)(H,39,45). The molecule has 4 amide bonds. The number of nitrogens with one attached hydrogen (secondary N) is 3. The highest BCUT2D eigenvalue weighted by Crippen LogP contribution is 2.40. The van der Waals surface area contributed by atoms with Crippen molar-refractivity contribution in [1.82, 2.24) is 15.6 Å². The molecule has 0 radical (unpaired) electrons. The summed E-state index contributed by atoms with van der Waals surface area (Å²) in [5.41, 5.74) is 10.0. The van der Waals surface area contributed by atoms with Crippen molar-refractivity contribution in [1.29, 1.82) is 0 Å². The molecule has 11 heteroatoms. The molecule has 1 saturated heterocycles. The smallest absolute Gasteiger partial charge is 0.250 e. The third-order valence-corrected chi connectivity index (χ3v) is 9.71. The largest absolute Gasteiger partial charge is 0.361 e. The number of carbonyl (C=O) groups excluding carboxylic acids is 4. The summed E-state index contributed by atoms with van der Waals surface area (Å²) >= 11 is 1.54. The number of benzene rings is 2. The van der Waals surface area contributed by atoms with E-state index in [1.807, 2.05) is 72.4 Å². The Hall–Kier alpha value is -4.48. The fourth-order valence-corrected chi connectivity index (χ4v) is 7.25. The zero-order valence-electron chi connectivity index (χ0n) is 26.3. The Morgan fingerprint density at radius 2 is 1.93 bits per heavy atom. The number of anilines is 2. The van der Waals surface area contributed by atoms with Crippen LogP contribution in [-0.4, -0.2) is 52.8 Å². The van der Waals surface area contributed by atoms with E-state index in [9.17, 15) is 19.2 Å². The van der Waals surface area contributed by atoms with Crippen molar-refractivity contribution in [2.75, 3.05) is 16.3 Å². The molecule has 0 bridgehead atoms. The maximum atomic E-state index is 14.3. The molecule has 0 spiro atoms. The Bertz CT molecular complexity index is 1770. The molecule has 2 aromatic carbocycles. The number of nitrogens with two attached hydrogens (primary N) is 1. The average Bonchev–Trinajstić information content (AvgIpc) is 3.80. The number of hydrogen-bond donors (Lipinski definition) is 4. The lowest BCUT2D eigenvalue weighted by Gasteiger charge is -2.38. The Morgan fingerprint density at radius 3 is 2.63 bits per heavy atom. The van der Waals surface area contributed by atoms with Gasteiger partial charge in [0.05, 0.1) is 23.5 Å². The number of rotatable bonds is 10. The minimum absolute atomic E-state index is 0.0380.